The fourth-order valence-corrected chi connectivity index (χ4v) is 2.25. The number of unbranched alkanes of at least 4 members (excludes halogenated alkanes) is 1. The third-order valence-corrected chi connectivity index (χ3v) is 3.74. The summed E-state index contributed by atoms with van der Waals surface area (Å²) in [5.74, 6) is 0.873. The molecule has 0 unspecified atom stereocenters. The minimum absolute atomic E-state index is 0.0446. The van der Waals surface area contributed by atoms with Crippen LogP contribution in [0.25, 0.3) is 0 Å². The number of carbonyl (C=O) groups excluding carboxylic acids is 1. The second-order valence-corrected chi connectivity index (χ2v) is 5.75. The lowest BCUT2D eigenvalue weighted by Crippen LogP contribution is -2.24. The molecule has 2 rings (SSSR count). The minimum Gasteiger partial charge on any atom is -0.507 e. The van der Waals surface area contributed by atoms with Crippen LogP contribution in [0.5, 0.6) is 17.2 Å². The molecule has 1 amide bonds. The van der Waals surface area contributed by atoms with Crippen LogP contribution in [0.15, 0.2) is 47.6 Å². The zero-order valence-corrected chi connectivity index (χ0v) is 15.1. The molecular weight excluding hydrogens is 332 g/mol. The van der Waals surface area contributed by atoms with E-state index in [1.807, 2.05) is 24.3 Å². The van der Waals surface area contributed by atoms with Gasteiger partial charge in [-0.1, -0.05) is 25.5 Å². The molecule has 0 spiro atoms. The molecule has 26 heavy (non-hydrogen) atoms. The molecule has 0 atom stereocenters. The van der Waals surface area contributed by atoms with E-state index in [-0.39, 0.29) is 12.4 Å². The number of hydrazone groups is 1. The summed E-state index contributed by atoms with van der Waals surface area (Å²) in [6.07, 6.45) is 4.71. The lowest BCUT2D eigenvalue weighted by molar-refractivity contribution is -0.123. The number of carbonyl (C=O) groups is 1. The van der Waals surface area contributed by atoms with Crippen molar-refractivity contribution in [3.05, 3.63) is 53.6 Å². The molecule has 0 aromatic heterocycles. The monoisotopic (exact) mass is 356 g/mol. The van der Waals surface area contributed by atoms with Crippen molar-refractivity contribution in [2.45, 2.75) is 26.2 Å². The third kappa shape index (κ3) is 6.12. The van der Waals surface area contributed by atoms with Gasteiger partial charge in [0.15, 0.2) is 6.61 Å². The van der Waals surface area contributed by atoms with Crippen molar-refractivity contribution in [2.24, 2.45) is 5.10 Å². The molecule has 0 saturated carbocycles. The molecule has 0 aliphatic heterocycles. The first kappa shape index (κ1) is 19.3. The maximum Gasteiger partial charge on any atom is 0.277 e. The smallest absolute Gasteiger partial charge is 0.277 e. The van der Waals surface area contributed by atoms with Crippen molar-refractivity contribution < 1.29 is 19.4 Å². The van der Waals surface area contributed by atoms with Crippen molar-refractivity contribution in [3.8, 4) is 17.2 Å². The highest BCUT2D eigenvalue weighted by Gasteiger charge is 2.03. The van der Waals surface area contributed by atoms with Gasteiger partial charge in [0.1, 0.15) is 17.2 Å². The molecule has 0 fully saturated rings. The Balaban J connectivity index is 1.80. The number of benzene rings is 2. The second kappa shape index (κ2) is 10.1. The highest BCUT2D eigenvalue weighted by Crippen LogP contribution is 2.21. The predicted molar refractivity (Wildman–Crippen MR) is 101 cm³/mol. The normalized spacial score (nSPS) is 10.7. The van der Waals surface area contributed by atoms with Gasteiger partial charge in [0.05, 0.1) is 13.3 Å². The number of aromatic hydroxyl groups is 1. The molecule has 0 aliphatic rings. The van der Waals surface area contributed by atoms with E-state index in [2.05, 4.69) is 17.5 Å². The SMILES string of the molecule is CCCCc1ccc(OCC(=O)NN=Cc2cc(OC)ccc2O)cc1. The number of ether oxygens (including phenoxy) is 2. The third-order valence-electron chi connectivity index (χ3n) is 3.74. The Hall–Kier alpha value is -3.02. The molecule has 2 N–H and O–H groups in total. The molecule has 2 aromatic rings. The number of phenols is 1. The Morgan fingerprint density at radius 3 is 2.62 bits per heavy atom. The summed E-state index contributed by atoms with van der Waals surface area (Å²) in [4.78, 5) is 11.8. The average molecular weight is 356 g/mol. The van der Waals surface area contributed by atoms with Gasteiger partial charge in [-0.15, -0.1) is 0 Å². The fraction of sp³-hybridized carbons (Fsp3) is 0.300. The number of hydrogen-bond acceptors (Lipinski definition) is 5. The molecule has 0 heterocycles. The number of hydrogen-bond donors (Lipinski definition) is 2. The van der Waals surface area contributed by atoms with Gasteiger partial charge in [-0.3, -0.25) is 4.79 Å². The summed E-state index contributed by atoms with van der Waals surface area (Å²) >= 11 is 0. The van der Waals surface area contributed by atoms with Crippen LogP contribution in [-0.2, 0) is 11.2 Å². The summed E-state index contributed by atoms with van der Waals surface area (Å²) in [6, 6.07) is 12.5. The van der Waals surface area contributed by atoms with Gasteiger partial charge in [0, 0.05) is 5.56 Å². The van der Waals surface area contributed by atoms with E-state index in [0.29, 0.717) is 17.1 Å². The van der Waals surface area contributed by atoms with Crippen LogP contribution in [0.2, 0.25) is 0 Å². The maximum absolute atomic E-state index is 11.8. The van der Waals surface area contributed by atoms with Crippen molar-refractivity contribution >= 4 is 12.1 Å². The van der Waals surface area contributed by atoms with Gasteiger partial charge >= 0.3 is 0 Å². The van der Waals surface area contributed by atoms with Gasteiger partial charge in [-0.05, 0) is 48.7 Å². The van der Waals surface area contributed by atoms with Crippen LogP contribution < -0.4 is 14.9 Å². The maximum atomic E-state index is 11.8. The quantitative estimate of drug-likeness (QED) is 0.534. The second-order valence-electron chi connectivity index (χ2n) is 5.75. The van der Waals surface area contributed by atoms with Crippen molar-refractivity contribution in [1.29, 1.82) is 0 Å². The number of phenolic OH excluding ortho intramolecular Hbond substituents is 1. The van der Waals surface area contributed by atoms with Gasteiger partial charge in [0.2, 0.25) is 0 Å². The summed E-state index contributed by atoms with van der Waals surface area (Å²) in [5, 5.41) is 13.6. The standard InChI is InChI=1S/C20H24N2O4/c1-3-4-5-15-6-8-17(9-7-15)26-14-20(24)22-21-13-16-12-18(25-2)10-11-19(16)23/h6-13,23H,3-5,14H2,1-2H3,(H,22,24). The van der Waals surface area contributed by atoms with Crippen molar-refractivity contribution in [2.75, 3.05) is 13.7 Å². The first-order valence-electron chi connectivity index (χ1n) is 8.53. The van der Waals surface area contributed by atoms with Crippen LogP contribution in [-0.4, -0.2) is 30.9 Å². The molecule has 0 bridgehead atoms. The van der Waals surface area contributed by atoms with E-state index < -0.39 is 5.91 Å². The molecule has 0 aliphatic carbocycles. The van der Waals surface area contributed by atoms with E-state index in [1.165, 1.54) is 25.0 Å². The highest BCUT2D eigenvalue weighted by molar-refractivity contribution is 5.85. The summed E-state index contributed by atoms with van der Waals surface area (Å²) in [7, 11) is 1.53. The van der Waals surface area contributed by atoms with Gasteiger partial charge in [-0.25, -0.2) is 5.43 Å². The lowest BCUT2D eigenvalue weighted by Gasteiger charge is -2.06. The van der Waals surface area contributed by atoms with E-state index in [9.17, 15) is 9.90 Å². The van der Waals surface area contributed by atoms with Gasteiger partial charge < -0.3 is 14.6 Å². The van der Waals surface area contributed by atoms with Crippen LogP contribution in [0.4, 0.5) is 0 Å². The Morgan fingerprint density at radius 1 is 1.19 bits per heavy atom. The average Bonchev–Trinajstić information content (AvgIpc) is 2.67. The number of nitrogens with one attached hydrogen (secondary N) is 1. The Bertz CT molecular complexity index is 742. The molecule has 0 radical (unpaired) electrons. The molecule has 2 aromatic carbocycles. The largest absolute Gasteiger partial charge is 0.507 e. The number of nitrogens with zero attached hydrogens (tertiary/aromatic N) is 1. The number of methoxy groups -OCH3 is 1. The first-order valence-corrected chi connectivity index (χ1v) is 8.53. The Kier molecular flexibility index (Phi) is 7.49. The van der Waals surface area contributed by atoms with E-state index >= 15 is 0 Å². The van der Waals surface area contributed by atoms with Gasteiger partial charge in [-0.2, -0.15) is 5.10 Å². The van der Waals surface area contributed by atoms with Gasteiger partial charge in [0.25, 0.3) is 5.91 Å². The lowest BCUT2D eigenvalue weighted by atomic mass is 10.1. The summed E-state index contributed by atoms with van der Waals surface area (Å²) in [5.41, 5.74) is 4.05. The molecule has 0 saturated heterocycles. The summed E-state index contributed by atoms with van der Waals surface area (Å²) < 4.78 is 10.5. The van der Waals surface area contributed by atoms with E-state index in [1.54, 1.807) is 12.1 Å². The van der Waals surface area contributed by atoms with Crippen molar-refractivity contribution in [3.63, 3.8) is 0 Å². The topological polar surface area (TPSA) is 80.2 Å². The Labute approximate surface area is 153 Å². The zero-order valence-electron chi connectivity index (χ0n) is 15.1. The van der Waals surface area contributed by atoms with Crippen LogP contribution >= 0.6 is 0 Å². The minimum atomic E-state index is -0.390. The zero-order chi connectivity index (χ0) is 18.8. The molecule has 6 heteroatoms. The first-order chi connectivity index (χ1) is 12.6. The number of aryl methyl sites for hydroxylation is 1. The molecule has 138 valence electrons. The highest BCUT2D eigenvalue weighted by atomic mass is 16.5. The molecule has 6 nitrogen and oxygen atoms in total. The molecular formula is C20H24N2O4. The van der Waals surface area contributed by atoms with E-state index in [0.717, 1.165) is 19.3 Å². The number of amides is 1. The van der Waals surface area contributed by atoms with Crippen molar-refractivity contribution in [1.82, 2.24) is 5.43 Å². The summed E-state index contributed by atoms with van der Waals surface area (Å²) in [6.45, 7) is 2.02. The van der Waals surface area contributed by atoms with Crippen LogP contribution in [0, 0.1) is 0 Å². The van der Waals surface area contributed by atoms with E-state index in [4.69, 9.17) is 9.47 Å². The predicted octanol–water partition coefficient (Wildman–Crippen LogP) is 3.27. The fourth-order valence-electron chi connectivity index (χ4n) is 2.25. The van der Waals surface area contributed by atoms with Crippen LogP contribution in [0.1, 0.15) is 30.9 Å². The number of rotatable bonds is 9. The Morgan fingerprint density at radius 2 is 1.92 bits per heavy atom. The van der Waals surface area contributed by atoms with Crippen LogP contribution in [0.3, 0.4) is 0 Å².